The molecule has 1 amide bonds. The number of likely N-dealkylation sites (tertiary alicyclic amines) is 1. The molecule has 1 aliphatic carbocycles. The smallest absolute Gasteiger partial charge is 0.225 e. The van der Waals surface area contributed by atoms with Gasteiger partial charge in [0, 0.05) is 52.9 Å². The second-order valence-electron chi connectivity index (χ2n) is 9.31. The summed E-state index contributed by atoms with van der Waals surface area (Å²) in [6.07, 6.45) is 4.91. The molecule has 1 atom stereocenters. The Bertz CT molecular complexity index is 1380. The Balaban J connectivity index is 1.31. The number of aromatic nitrogens is 3. The summed E-state index contributed by atoms with van der Waals surface area (Å²) >= 11 is 12.5. The van der Waals surface area contributed by atoms with Crippen molar-refractivity contribution in [2.75, 3.05) is 13.1 Å². The highest BCUT2D eigenvalue weighted by molar-refractivity contribution is 6.36. The quantitative estimate of drug-likeness (QED) is 0.328. The standard InChI is InChI=1S/C27H24Cl2N4O/c28-21-9-10-22(23(29)14-21)18-3-5-19(6-4-18)26-31-25-24(2-1-12-30-25)33(26)16-17-11-13-32(15-17)27(34)20-7-8-20/h1-6,9-10,12,14,17,20H,7-8,11,13,15-16H2/t17-/m0/s1. The molecule has 7 heteroatoms. The third-order valence-corrected chi connectivity index (χ3v) is 7.42. The number of rotatable bonds is 5. The van der Waals surface area contributed by atoms with Crippen LogP contribution in [-0.2, 0) is 11.3 Å². The van der Waals surface area contributed by atoms with E-state index in [2.05, 4.69) is 44.8 Å². The third kappa shape index (κ3) is 4.08. The van der Waals surface area contributed by atoms with Crippen molar-refractivity contribution >= 4 is 40.3 Å². The molecule has 34 heavy (non-hydrogen) atoms. The molecule has 4 aromatic rings. The lowest BCUT2D eigenvalue weighted by Crippen LogP contribution is -2.30. The molecule has 0 N–H and O–H groups in total. The fourth-order valence-corrected chi connectivity index (χ4v) is 5.43. The van der Waals surface area contributed by atoms with Crippen molar-refractivity contribution < 1.29 is 4.79 Å². The highest BCUT2D eigenvalue weighted by Crippen LogP contribution is 2.35. The Morgan fingerprint density at radius 2 is 1.79 bits per heavy atom. The third-order valence-electron chi connectivity index (χ3n) is 6.87. The highest BCUT2D eigenvalue weighted by Gasteiger charge is 2.36. The second kappa shape index (κ2) is 8.71. The van der Waals surface area contributed by atoms with Crippen molar-refractivity contribution in [2.45, 2.75) is 25.8 Å². The summed E-state index contributed by atoms with van der Waals surface area (Å²) in [6.45, 7) is 2.50. The first-order chi connectivity index (χ1) is 16.6. The fourth-order valence-electron chi connectivity index (χ4n) is 4.92. The van der Waals surface area contributed by atoms with Crippen molar-refractivity contribution in [1.82, 2.24) is 19.4 Å². The first kappa shape index (κ1) is 21.6. The number of hydrogen-bond donors (Lipinski definition) is 0. The summed E-state index contributed by atoms with van der Waals surface area (Å²) in [5.41, 5.74) is 4.76. The number of pyridine rings is 1. The van der Waals surface area contributed by atoms with Crippen LogP contribution in [-0.4, -0.2) is 38.4 Å². The van der Waals surface area contributed by atoms with Crippen LogP contribution in [0.2, 0.25) is 10.0 Å². The van der Waals surface area contributed by atoms with Gasteiger partial charge >= 0.3 is 0 Å². The van der Waals surface area contributed by atoms with E-state index in [1.54, 1.807) is 12.3 Å². The van der Waals surface area contributed by atoms with Crippen LogP contribution in [0.3, 0.4) is 0 Å². The number of carbonyl (C=O) groups is 1. The number of amides is 1. The molecular formula is C27H24Cl2N4O. The average Bonchev–Trinajstić information content (AvgIpc) is 3.49. The molecule has 2 aromatic heterocycles. The molecule has 0 unspecified atom stereocenters. The molecule has 3 heterocycles. The van der Waals surface area contributed by atoms with Gasteiger partial charge < -0.3 is 9.47 Å². The molecule has 2 aliphatic rings. The summed E-state index contributed by atoms with van der Waals surface area (Å²) in [4.78, 5) is 24.0. The zero-order chi connectivity index (χ0) is 23.2. The zero-order valence-electron chi connectivity index (χ0n) is 18.6. The van der Waals surface area contributed by atoms with E-state index in [1.807, 2.05) is 18.2 Å². The van der Waals surface area contributed by atoms with Gasteiger partial charge in [-0.15, -0.1) is 0 Å². The van der Waals surface area contributed by atoms with Gasteiger partial charge in [0.15, 0.2) is 5.65 Å². The molecular weight excluding hydrogens is 467 g/mol. The van der Waals surface area contributed by atoms with Crippen LogP contribution in [0.5, 0.6) is 0 Å². The van der Waals surface area contributed by atoms with E-state index < -0.39 is 0 Å². The van der Waals surface area contributed by atoms with E-state index in [0.29, 0.717) is 21.9 Å². The molecule has 0 radical (unpaired) electrons. The molecule has 1 saturated carbocycles. The minimum absolute atomic E-state index is 0.278. The lowest BCUT2D eigenvalue weighted by Gasteiger charge is -2.17. The van der Waals surface area contributed by atoms with Gasteiger partial charge in [-0.1, -0.05) is 53.5 Å². The average molecular weight is 491 g/mol. The van der Waals surface area contributed by atoms with Crippen LogP contribution in [0.4, 0.5) is 0 Å². The van der Waals surface area contributed by atoms with Crippen LogP contribution < -0.4 is 0 Å². The van der Waals surface area contributed by atoms with E-state index in [-0.39, 0.29) is 5.92 Å². The number of hydrogen-bond acceptors (Lipinski definition) is 3. The summed E-state index contributed by atoms with van der Waals surface area (Å²) < 4.78 is 2.27. The number of carbonyl (C=O) groups excluding carboxylic acids is 1. The molecule has 0 bridgehead atoms. The Labute approximate surface area is 208 Å². The van der Waals surface area contributed by atoms with E-state index >= 15 is 0 Å². The van der Waals surface area contributed by atoms with Gasteiger partial charge in [0.1, 0.15) is 5.82 Å². The SMILES string of the molecule is O=C(C1CC1)N1CC[C@H](Cn2c(-c3ccc(-c4ccc(Cl)cc4Cl)cc3)nc3ncccc32)C1. The van der Waals surface area contributed by atoms with Crippen LogP contribution in [0.15, 0.2) is 60.8 Å². The predicted molar refractivity (Wildman–Crippen MR) is 136 cm³/mol. The zero-order valence-corrected chi connectivity index (χ0v) is 20.1. The van der Waals surface area contributed by atoms with E-state index in [9.17, 15) is 4.79 Å². The minimum atomic E-state index is 0.278. The number of halogens is 2. The Hall–Kier alpha value is -2.89. The maximum absolute atomic E-state index is 12.5. The molecule has 2 fully saturated rings. The topological polar surface area (TPSA) is 51.0 Å². The van der Waals surface area contributed by atoms with Gasteiger partial charge in [0.2, 0.25) is 5.91 Å². The van der Waals surface area contributed by atoms with E-state index in [4.69, 9.17) is 28.2 Å². The van der Waals surface area contributed by atoms with Gasteiger partial charge in [0.05, 0.1) is 5.52 Å². The molecule has 2 aromatic carbocycles. The van der Waals surface area contributed by atoms with Gasteiger partial charge in [0.25, 0.3) is 0 Å². The van der Waals surface area contributed by atoms with Crippen LogP contribution >= 0.6 is 23.2 Å². The minimum Gasteiger partial charge on any atom is -0.342 e. The van der Waals surface area contributed by atoms with Gasteiger partial charge in [-0.05, 0) is 55.0 Å². The van der Waals surface area contributed by atoms with Crippen molar-refractivity contribution in [3.63, 3.8) is 0 Å². The predicted octanol–water partition coefficient (Wildman–Crippen LogP) is 6.33. The molecule has 172 valence electrons. The van der Waals surface area contributed by atoms with Crippen molar-refractivity contribution in [3.05, 3.63) is 70.8 Å². The van der Waals surface area contributed by atoms with Crippen LogP contribution in [0, 0.1) is 11.8 Å². The van der Waals surface area contributed by atoms with E-state index in [1.165, 1.54) is 0 Å². The number of nitrogens with zero attached hydrogens (tertiary/aromatic N) is 4. The van der Waals surface area contributed by atoms with Crippen LogP contribution in [0.1, 0.15) is 19.3 Å². The van der Waals surface area contributed by atoms with Crippen LogP contribution in [0.25, 0.3) is 33.7 Å². The Kier molecular flexibility index (Phi) is 5.54. The molecule has 5 nitrogen and oxygen atoms in total. The lowest BCUT2D eigenvalue weighted by molar-refractivity contribution is -0.131. The highest BCUT2D eigenvalue weighted by atomic mass is 35.5. The summed E-state index contributed by atoms with van der Waals surface area (Å²) in [5.74, 6) is 1.93. The normalized spacial score (nSPS) is 18.1. The summed E-state index contributed by atoms with van der Waals surface area (Å²) in [5, 5.41) is 1.25. The van der Waals surface area contributed by atoms with Crippen molar-refractivity contribution in [3.8, 4) is 22.5 Å². The van der Waals surface area contributed by atoms with Crippen molar-refractivity contribution in [1.29, 1.82) is 0 Å². The lowest BCUT2D eigenvalue weighted by atomic mass is 10.0. The van der Waals surface area contributed by atoms with Crippen molar-refractivity contribution in [2.24, 2.45) is 11.8 Å². The number of fused-ring (bicyclic) bond motifs is 1. The molecule has 0 spiro atoms. The fraction of sp³-hybridized carbons (Fsp3) is 0.296. The number of benzene rings is 2. The Morgan fingerprint density at radius 1 is 1.00 bits per heavy atom. The monoisotopic (exact) mass is 490 g/mol. The van der Waals surface area contributed by atoms with Gasteiger partial charge in [-0.3, -0.25) is 4.79 Å². The van der Waals surface area contributed by atoms with Gasteiger partial charge in [-0.25, -0.2) is 9.97 Å². The molecule has 6 rings (SSSR count). The Morgan fingerprint density at radius 3 is 2.56 bits per heavy atom. The van der Waals surface area contributed by atoms with E-state index in [0.717, 1.165) is 72.6 Å². The number of imidazole rings is 1. The first-order valence-corrected chi connectivity index (χ1v) is 12.5. The van der Waals surface area contributed by atoms with Gasteiger partial charge in [-0.2, -0.15) is 0 Å². The maximum Gasteiger partial charge on any atom is 0.225 e. The maximum atomic E-state index is 12.5. The largest absolute Gasteiger partial charge is 0.342 e. The summed E-state index contributed by atoms with van der Waals surface area (Å²) in [6, 6.07) is 17.9. The summed E-state index contributed by atoms with van der Waals surface area (Å²) in [7, 11) is 0. The first-order valence-electron chi connectivity index (χ1n) is 11.7. The molecule has 1 saturated heterocycles. The molecule has 1 aliphatic heterocycles. The second-order valence-corrected chi connectivity index (χ2v) is 10.2.